The van der Waals surface area contributed by atoms with E-state index in [0.717, 1.165) is 137 Å². The number of likely N-dealkylation sites (tertiary alicyclic amines) is 6. The second-order valence-electron chi connectivity index (χ2n) is 22.0. The standard InChI is InChI=1S/C48H84N12OP4/c61-65(49-43-46(52-22-1-2-23-52,53-24-3-4-25-53)19-40-62(43)58-34-13-14-35-58,50-44-47(54-26-5-6-27-54,55-28-7-8-29-55)20-41-63(44)59-36-15-16-37-59)51-45-48(56-30-9-10-31-56,57-32-11-12-33-57)21-42-64(45)60-38-17-18-39-60/h1-42H2. The molecule has 0 N–H and O–H groups in total. The molecule has 65 heavy (non-hydrogen) atoms. The Balaban J connectivity index is 1.12. The normalized spacial score (nSPS) is 38.0. The lowest BCUT2D eigenvalue weighted by atomic mass is 10.0. The summed E-state index contributed by atoms with van der Waals surface area (Å²) in [6.45, 7) is 20.5. The molecule has 0 radical (unpaired) electrons. The zero-order chi connectivity index (χ0) is 43.5. The van der Waals surface area contributed by atoms with Crippen LogP contribution in [0.25, 0.3) is 0 Å². The van der Waals surface area contributed by atoms with Crippen LogP contribution in [0.1, 0.15) is 135 Å². The molecular weight excluding hydrogens is 885 g/mol. The number of hydrogen-bond acceptors (Lipinski definition) is 10. The second-order valence-corrected chi connectivity index (χ2v) is 30.3. The minimum atomic E-state index is -4.01. The van der Waals surface area contributed by atoms with E-state index in [2.05, 4.69) is 43.4 Å². The Hall–Kier alpha value is 0.170. The Morgan fingerprint density at radius 3 is 0.692 bits per heavy atom. The Kier molecular flexibility index (Phi) is 14.0. The van der Waals surface area contributed by atoms with E-state index in [-0.39, 0.29) is 17.0 Å². The molecule has 0 spiro atoms. The van der Waals surface area contributed by atoms with Gasteiger partial charge in [-0.3, -0.25) is 43.4 Å². The molecule has 0 bridgehead atoms. The largest absolute Gasteiger partial charge is 0.416 e. The van der Waals surface area contributed by atoms with Crippen LogP contribution >= 0.6 is 31.8 Å². The Labute approximate surface area is 396 Å². The molecule has 12 saturated heterocycles. The van der Waals surface area contributed by atoms with Crippen LogP contribution in [0.2, 0.25) is 0 Å². The fourth-order valence-electron chi connectivity index (χ4n) is 15.5. The highest BCUT2D eigenvalue weighted by Crippen LogP contribution is 2.69. The third kappa shape index (κ3) is 8.18. The van der Waals surface area contributed by atoms with Gasteiger partial charge in [0.05, 0.1) is 16.4 Å². The van der Waals surface area contributed by atoms with Gasteiger partial charge in [-0.25, -0.2) is 4.57 Å². The zero-order valence-corrected chi connectivity index (χ0v) is 43.8. The molecule has 0 aromatic rings. The van der Waals surface area contributed by atoms with Gasteiger partial charge in [-0.15, -0.1) is 0 Å². The summed E-state index contributed by atoms with van der Waals surface area (Å²) in [6, 6.07) is 0. The lowest BCUT2D eigenvalue weighted by molar-refractivity contribution is 0.0286. The molecule has 12 aliphatic rings. The molecule has 362 valence electrons. The van der Waals surface area contributed by atoms with E-state index in [9.17, 15) is 0 Å². The molecule has 3 atom stereocenters. The van der Waals surface area contributed by atoms with Crippen molar-refractivity contribution in [2.24, 2.45) is 14.3 Å². The average molecular weight is 969 g/mol. The van der Waals surface area contributed by atoms with Crippen molar-refractivity contribution in [3.05, 3.63) is 0 Å². The highest BCUT2D eigenvalue weighted by atomic mass is 31.2. The van der Waals surface area contributed by atoms with Crippen molar-refractivity contribution in [1.82, 2.24) is 43.4 Å². The summed E-state index contributed by atoms with van der Waals surface area (Å²) >= 11 is 0. The van der Waals surface area contributed by atoms with Crippen molar-refractivity contribution in [3.8, 4) is 0 Å². The summed E-state index contributed by atoms with van der Waals surface area (Å²) in [7, 11) is -6.15. The van der Waals surface area contributed by atoms with Crippen molar-refractivity contribution in [3.63, 3.8) is 0 Å². The molecule has 0 aliphatic carbocycles. The highest BCUT2D eigenvalue weighted by molar-refractivity contribution is 7.78. The van der Waals surface area contributed by atoms with E-state index in [1.54, 1.807) is 0 Å². The van der Waals surface area contributed by atoms with Gasteiger partial charge in [0, 0.05) is 142 Å². The monoisotopic (exact) mass is 969 g/mol. The van der Waals surface area contributed by atoms with Crippen LogP contribution in [0.4, 0.5) is 0 Å². The fourth-order valence-corrected chi connectivity index (χ4v) is 27.7. The van der Waals surface area contributed by atoms with E-state index < -0.39 is 31.8 Å². The highest BCUT2D eigenvalue weighted by Gasteiger charge is 2.61. The maximum Gasteiger partial charge on any atom is 0.416 e. The quantitative estimate of drug-likeness (QED) is 0.178. The second kappa shape index (κ2) is 19.6. The van der Waals surface area contributed by atoms with Gasteiger partial charge in [-0.2, -0.15) is 14.3 Å². The zero-order valence-electron chi connectivity index (χ0n) is 40.3. The molecule has 12 fully saturated rings. The van der Waals surface area contributed by atoms with E-state index in [1.807, 2.05) is 0 Å². The van der Waals surface area contributed by atoms with Gasteiger partial charge in [0.1, 0.15) is 17.0 Å². The maximum absolute atomic E-state index is 18.0. The molecule has 0 saturated carbocycles. The Morgan fingerprint density at radius 1 is 0.308 bits per heavy atom. The average Bonchev–Trinajstić information content (AvgIpc) is 4.16. The van der Waals surface area contributed by atoms with Gasteiger partial charge in [-0.05, 0) is 153 Å². The first-order valence-corrected chi connectivity index (χ1v) is 33.5. The van der Waals surface area contributed by atoms with Gasteiger partial charge in [-0.1, -0.05) is 0 Å². The first-order chi connectivity index (χ1) is 32.0. The van der Waals surface area contributed by atoms with E-state index >= 15 is 4.57 Å². The summed E-state index contributed by atoms with van der Waals surface area (Å²) < 4.78 is 45.4. The van der Waals surface area contributed by atoms with E-state index in [0.29, 0.717) is 0 Å². The summed E-state index contributed by atoms with van der Waals surface area (Å²) in [5.74, 6) is 0. The summed E-state index contributed by atoms with van der Waals surface area (Å²) in [5.41, 5.74) is 3.10. The van der Waals surface area contributed by atoms with Crippen LogP contribution in [-0.4, -0.2) is 213 Å². The summed E-state index contributed by atoms with van der Waals surface area (Å²) in [5, 5.41) is 0. The number of nitrogens with zero attached hydrogens (tertiary/aromatic N) is 12. The number of rotatable bonds is 12. The minimum absolute atomic E-state index is 0.260. The van der Waals surface area contributed by atoms with Crippen molar-refractivity contribution in [2.45, 2.75) is 152 Å². The lowest BCUT2D eigenvalue weighted by Gasteiger charge is -2.48. The summed E-state index contributed by atoms with van der Waals surface area (Å²) in [6.07, 6.45) is 29.7. The predicted molar refractivity (Wildman–Crippen MR) is 275 cm³/mol. The van der Waals surface area contributed by atoms with Gasteiger partial charge >= 0.3 is 7.59 Å². The van der Waals surface area contributed by atoms with Crippen molar-refractivity contribution >= 4 is 48.2 Å². The van der Waals surface area contributed by atoms with E-state index in [4.69, 9.17) is 14.3 Å². The predicted octanol–water partition coefficient (Wildman–Crippen LogP) is 8.64. The van der Waals surface area contributed by atoms with Crippen LogP contribution in [0.5, 0.6) is 0 Å². The molecule has 0 aromatic carbocycles. The third-order valence-electron chi connectivity index (χ3n) is 18.5. The van der Waals surface area contributed by atoms with Crippen LogP contribution in [0, 0.1) is 0 Å². The van der Waals surface area contributed by atoms with Gasteiger partial charge in [0.25, 0.3) is 0 Å². The van der Waals surface area contributed by atoms with Crippen LogP contribution in [0.15, 0.2) is 14.3 Å². The fraction of sp³-hybridized carbons (Fsp3) is 0.938. The Morgan fingerprint density at radius 2 is 0.492 bits per heavy atom. The molecule has 12 aliphatic heterocycles. The van der Waals surface area contributed by atoms with Crippen LogP contribution in [0.3, 0.4) is 0 Å². The van der Waals surface area contributed by atoms with Gasteiger partial charge < -0.3 is 0 Å². The van der Waals surface area contributed by atoms with Crippen molar-refractivity contribution in [2.75, 3.05) is 136 Å². The first-order valence-electron chi connectivity index (χ1n) is 27.5. The molecule has 13 nitrogen and oxygen atoms in total. The van der Waals surface area contributed by atoms with Gasteiger partial charge in [0.15, 0.2) is 0 Å². The molecule has 0 amide bonds. The topological polar surface area (TPSA) is 83.3 Å². The van der Waals surface area contributed by atoms with Gasteiger partial charge in [0.2, 0.25) is 0 Å². The minimum Gasteiger partial charge on any atom is -0.280 e. The lowest BCUT2D eigenvalue weighted by Crippen LogP contribution is -2.62. The van der Waals surface area contributed by atoms with Crippen LogP contribution in [-0.2, 0) is 4.57 Å². The third-order valence-corrected chi connectivity index (χ3v) is 28.4. The van der Waals surface area contributed by atoms with Crippen molar-refractivity contribution < 1.29 is 4.57 Å². The Bertz CT molecular complexity index is 1560. The summed E-state index contributed by atoms with van der Waals surface area (Å²) in [4.78, 5) is 17.2. The number of hydrogen-bond donors (Lipinski definition) is 0. The molecular formula is C48H84N12OP4. The van der Waals surface area contributed by atoms with Crippen LogP contribution < -0.4 is 0 Å². The smallest absolute Gasteiger partial charge is 0.280 e. The maximum atomic E-state index is 18.0. The molecule has 12 rings (SSSR count). The molecule has 12 heterocycles. The molecule has 17 heteroatoms. The molecule has 0 aromatic heterocycles. The molecule has 3 unspecified atom stereocenters. The van der Waals surface area contributed by atoms with Crippen molar-refractivity contribution in [1.29, 1.82) is 0 Å². The SMILES string of the molecule is O=P(N=C1P(N2CCCC2)CCC1(N1CCCC1)N1CCCC1)(N=C1P(N2CCCC2)CCC1(N1CCCC1)N1CCCC1)N=C1P(N2CCCC2)CCC1(N1CCCC1)N1CCCC1. The van der Waals surface area contributed by atoms with E-state index in [1.165, 1.54) is 150 Å². The first kappa shape index (κ1) is 46.3.